The Morgan fingerprint density at radius 2 is 1.94 bits per heavy atom. The Bertz CT molecular complexity index is 909. The van der Waals surface area contributed by atoms with E-state index in [9.17, 15) is 18.4 Å². The molecule has 2 aromatic rings. The highest BCUT2D eigenvalue weighted by atomic mass is 32.1. The van der Waals surface area contributed by atoms with Gasteiger partial charge in [-0.15, -0.1) is 11.3 Å². The van der Waals surface area contributed by atoms with E-state index in [1.165, 1.54) is 17.4 Å². The number of nitrogens with zero attached hydrogens (tertiary/aromatic N) is 2. The summed E-state index contributed by atoms with van der Waals surface area (Å²) in [5, 5.41) is 4.97. The van der Waals surface area contributed by atoms with Crippen LogP contribution in [0.15, 0.2) is 41.8 Å². The number of hydrogen-bond donors (Lipinski definition) is 1. The van der Waals surface area contributed by atoms with E-state index in [-0.39, 0.29) is 29.5 Å². The summed E-state index contributed by atoms with van der Waals surface area (Å²) in [4.78, 5) is 29.9. The highest BCUT2D eigenvalue weighted by Gasteiger charge is 2.32. The second kappa shape index (κ2) is 9.64. The zero-order valence-corrected chi connectivity index (χ0v) is 17.8. The van der Waals surface area contributed by atoms with Gasteiger partial charge in [-0.3, -0.25) is 9.59 Å². The Balaban J connectivity index is 1.33. The highest BCUT2D eigenvalue weighted by molar-refractivity contribution is 7.12. The molecule has 3 heterocycles. The van der Waals surface area contributed by atoms with Crippen LogP contribution in [-0.2, 0) is 4.79 Å². The van der Waals surface area contributed by atoms with Gasteiger partial charge in [-0.25, -0.2) is 0 Å². The van der Waals surface area contributed by atoms with Crippen molar-refractivity contribution in [2.75, 3.05) is 31.1 Å². The molecule has 0 spiro atoms. The van der Waals surface area contributed by atoms with Crippen LogP contribution in [0, 0.1) is 5.92 Å². The lowest BCUT2D eigenvalue weighted by Crippen LogP contribution is -2.48. The van der Waals surface area contributed by atoms with Crippen molar-refractivity contribution in [1.29, 1.82) is 0 Å². The van der Waals surface area contributed by atoms with E-state index in [1.54, 1.807) is 29.2 Å². The number of carbonyl (C=O) groups is 2. The minimum atomic E-state index is -2.88. The minimum Gasteiger partial charge on any atom is -0.433 e. The van der Waals surface area contributed by atoms with Gasteiger partial charge < -0.3 is 19.9 Å². The number of amides is 2. The third-order valence-electron chi connectivity index (χ3n) is 5.77. The first kappa shape index (κ1) is 21.5. The topological polar surface area (TPSA) is 61.9 Å². The molecule has 2 atom stereocenters. The number of carbonyl (C=O) groups excluding carboxylic acids is 2. The first-order valence-corrected chi connectivity index (χ1v) is 11.3. The number of para-hydroxylation sites is 2. The maximum Gasteiger partial charge on any atom is 0.387 e. The molecule has 2 aliphatic rings. The number of alkyl halides is 2. The van der Waals surface area contributed by atoms with Crippen LogP contribution in [0.5, 0.6) is 5.75 Å². The third-order valence-corrected chi connectivity index (χ3v) is 6.63. The molecule has 0 aliphatic carbocycles. The van der Waals surface area contributed by atoms with Gasteiger partial charge in [0.1, 0.15) is 5.75 Å². The number of anilines is 1. The van der Waals surface area contributed by atoms with Crippen LogP contribution < -0.4 is 15.0 Å². The molecule has 0 bridgehead atoms. The molecular formula is C22H25F2N3O3S. The van der Waals surface area contributed by atoms with Crippen LogP contribution in [0.25, 0.3) is 0 Å². The van der Waals surface area contributed by atoms with Gasteiger partial charge in [0.2, 0.25) is 5.91 Å². The summed E-state index contributed by atoms with van der Waals surface area (Å²) in [5.41, 5.74) is 0.602. The van der Waals surface area contributed by atoms with Crippen molar-refractivity contribution in [2.45, 2.75) is 31.9 Å². The van der Waals surface area contributed by atoms with E-state index in [2.05, 4.69) is 10.1 Å². The first-order chi connectivity index (χ1) is 15.0. The van der Waals surface area contributed by atoms with E-state index in [4.69, 9.17) is 0 Å². The molecule has 9 heteroatoms. The lowest BCUT2D eigenvalue weighted by atomic mass is 9.96. The van der Waals surface area contributed by atoms with Gasteiger partial charge in [-0.05, 0) is 42.8 Å². The predicted octanol–water partition coefficient (Wildman–Crippen LogP) is 3.60. The van der Waals surface area contributed by atoms with Crippen molar-refractivity contribution in [3.05, 3.63) is 46.7 Å². The fourth-order valence-electron chi connectivity index (χ4n) is 4.26. The van der Waals surface area contributed by atoms with E-state index in [0.29, 0.717) is 36.7 Å². The Morgan fingerprint density at radius 3 is 2.71 bits per heavy atom. The Morgan fingerprint density at radius 1 is 1.10 bits per heavy atom. The molecule has 2 amide bonds. The molecule has 6 nitrogen and oxygen atoms in total. The average Bonchev–Trinajstić information content (AvgIpc) is 3.46. The van der Waals surface area contributed by atoms with Crippen molar-refractivity contribution in [2.24, 2.45) is 5.92 Å². The van der Waals surface area contributed by atoms with Crippen molar-refractivity contribution >= 4 is 28.8 Å². The molecular weight excluding hydrogens is 424 g/mol. The van der Waals surface area contributed by atoms with Gasteiger partial charge >= 0.3 is 6.61 Å². The van der Waals surface area contributed by atoms with Crippen LogP contribution in [0.4, 0.5) is 14.5 Å². The van der Waals surface area contributed by atoms with Crippen LogP contribution in [0.2, 0.25) is 0 Å². The number of thiophene rings is 1. The van der Waals surface area contributed by atoms with Gasteiger partial charge in [0.25, 0.3) is 5.91 Å². The summed E-state index contributed by atoms with van der Waals surface area (Å²) >= 11 is 1.41. The Kier molecular flexibility index (Phi) is 6.70. The van der Waals surface area contributed by atoms with Gasteiger partial charge in [0.15, 0.2) is 0 Å². The number of benzene rings is 1. The lowest BCUT2D eigenvalue weighted by Gasteiger charge is -2.32. The predicted molar refractivity (Wildman–Crippen MR) is 115 cm³/mol. The summed E-state index contributed by atoms with van der Waals surface area (Å²) in [6.07, 6.45) is 2.27. The molecule has 0 saturated carbocycles. The van der Waals surface area contributed by atoms with Crippen LogP contribution in [0.3, 0.4) is 0 Å². The Labute approximate surface area is 183 Å². The third kappa shape index (κ3) is 5.15. The highest BCUT2D eigenvalue weighted by Crippen LogP contribution is 2.32. The number of rotatable bonds is 6. The summed E-state index contributed by atoms with van der Waals surface area (Å²) in [7, 11) is 0. The second-order valence-electron chi connectivity index (χ2n) is 7.85. The van der Waals surface area contributed by atoms with Crippen molar-refractivity contribution in [1.82, 2.24) is 10.2 Å². The number of hydrogen-bond acceptors (Lipinski definition) is 5. The molecule has 1 aromatic carbocycles. The number of likely N-dealkylation sites (tertiary alicyclic amines) is 1. The zero-order valence-electron chi connectivity index (χ0n) is 17.0. The molecule has 2 saturated heterocycles. The van der Waals surface area contributed by atoms with Crippen molar-refractivity contribution in [3.8, 4) is 5.75 Å². The zero-order chi connectivity index (χ0) is 21.8. The molecule has 1 N–H and O–H groups in total. The molecule has 1 aromatic heterocycles. The van der Waals surface area contributed by atoms with Crippen LogP contribution in [-0.4, -0.2) is 55.5 Å². The largest absolute Gasteiger partial charge is 0.433 e. The quantitative estimate of drug-likeness (QED) is 0.732. The van der Waals surface area contributed by atoms with Crippen molar-refractivity contribution < 1.29 is 23.1 Å². The van der Waals surface area contributed by atoms with E-state index in [1.807, 2.05) is 16.3 Å². The molecule has 2 fully saturated rings. The van der Waals surface area contributed by atoms with E-state index < -0.39 is 6.61 Å². The normalized spacial score (nSPS) is 21.4. The minimum absolute atomic E-state index is 0.0184. The molecule has 31 heavy (non-hydrogen) atoms. The second-order valence-corrected chi connectivity index (χ2v) is 8.80. The van der Waals surface area contributed by atoms with Crippen LogP contribution in [0.1, 0.15) is 28.9 Å². The summed E-state index contributed by atoms with van der Waals surface area (Å²) in [6, 6.07) is 10.3. The number of halogens is 2. The smallest absolute Gasteiger partial charge is 0.387 e. The van der Waals surface area contributed by atoms with Gasteiger partial charge in [-0.1, -0.05) is 18.2 Å². The fourth-order valence-corrected chi connectivity index (χ4v) is 4.95. The number of nitrogens with one attached hydrogen (secondary N) is 1. The molecule has 4 rings (SSSR count). The summed E-state index contributed by atoms with van der Waals surface area (Å²) in [6.45, 7) is -0.629. The average molecular weight is 450 g/mol. The first-order valence-electron chi connectivity index (χ1n) is 10.4. The summed E-state index contributed by atoms with van der Waals surface area (Å²) in [5.74, 6) is -0.163. The maximum atomic E-state index is 12.9. The van der Waals surface area contributed by atoms with Gasteiger partial charge in [0, 0.05) is 32.2 Å². The van der Waals surface area contributed by atoms with Gasteiger partial charge in [0.05, 0.1) is 16.5 Å². The van der Waals surface area contributed by atoms with E-state index >= 15 is 0 Å². The molecule has 166 valence electrons. The molecule has 2 unspecified atom stereocenters. The fraction of sp³-hybridized carbons (Fsp3) is 0.455. The molecule has 0 radical (unpaired) electrons. The van der Waals surface area contributed by atoms with Gasteiger partial charge in [-0.2, -0.15) is 8.78 Å². The van der Waals surface area contributed by atoms with Crippen molar-refractivity contribution in [3.63, 3.8) is 0 Å². The van der Waals surface area contributed by atoms with Crippen LogP contribution >= 0.6 is 11.3 Å². The Hall–Kier alpha value is -2.68. The SMILES string of the molecule is O=C(NC1CCN(c2ccccc2OC(F)F)C1)C1CCCN(C(=O)c2cccs2)C1. The number of piperidine rings is 1. The standard InChI is InChI=1S/C22H25F2N3O3S/c23-22(24)30-18-7-2-1-6-17(18)26-11-9-16(14-26)25-20(28)15-5-3-10-27(13-15)21(29)19-8-4-12-31-19/h1-2,4,6-8,12,15-16,22H,3,5,9-11,13-14H2,(H,25,28). The molecule has 2 aliphatic heterocycles. The summed E-state index contributed by atoms with van der Waals surface area (Å²) < 4.78 is 30.0. The lowest BCUT2D eigenvalue weighted by molar-refractivity contribution is -0.126. The van der Waals surface area contributed by atoms with E-state index in [0.717, 1.165) is 19.3 Å². The number of ether oxygens (including phenoxy) is 1. The monoisotopic (exact) mass is 449 g/mol. The maximum absolute atomic E-state index is 12.9.